The molecule has 1 N–H and O–H groups in total. The zero-order valence-corrected chi connectivity index (χ0v) is 9.51. The molecule has 0 spiro atoms. The highest BCUT2D eigenvalue weighted by Crippen LogP contribution is 2.20. The number of carbonyl (C=O) groups is 1. The molecule has 16 heavy (non-hydrogen) atoms. The Morgan fingerprint density at radius 3 is 2.75 bits per heavy atom. The van der Waals surface area contributed by atoms with Crippen LogP contribution in [0.2, 0.25) is 0 Å². The van der Waals surface area contributed by atoms with E-state index in [9.17, 15) is 4.79 Å². The summed E-state index contributed by atoms with van der Waals surface area (Å²) in [4.78, 5) is 10.4. The zero-order chi connectivity index (χ0) is 12.0. The maximum atomic E-state index is 10.4. The highest BCUT2D eigenvalue weighted by atomic mass is 16.5. The summed E-state index contributed by atoms with van der Waals surface area (Å²) in [6.07, 6.45) is 2.65. The molecule has 3 heteroatoms. The molecule has 0 saturated heterocycles. The minimum absolute atomic E-state index is 0.441. The largest absolute Gasteiger partial charge is 0.493 e. The molecule has 0 amide bonds. The van der Waals surface area contributed by atoms with E-state index in [1.807, 2.05) is 24.3 Å². The van der Waals surface area contributed by atoms with Gasteiger partial charge >= 0.3 is 5.97 Å². The molecule has 86 valence electrons. The molecule has 1 rings (SSSR count). The highest BCUT2D eigenvalue weighted by Gasteiger charge is 2.01. The Balaban J connectivity index is 2.79. The Morgan fingerprint density at radius 1 is 1.44 bits per heavy atom. The van der Waals surface area contributed by atoms with Crippen LogP contribution < -0.4 is 4.74 Å². The lowest BCUT2D eigenvalue weighted by Gasteiger charge is -2.10. The highest BCUT2D eigenvalue weighted by molar-refractivity contribution is 5.85. The van der Waals surface area contributed by atoms with Crippen molar-refractivity contribution >= 4 is 12.0 Å². The maximum absolute atomic E-state index is 10.4. The van der Waals surface area contributed by atoms with Gasteiger partial charge in [-0.15, -0.1) is 0 Å². The Hall–Kier alpha value is -1.77. The maximum Gasteiger partial charge on any atom is 0.328 e. The van der Waals surface area contributed by atoms with Crippen LogP contribution in [0.3, 0.4) is 0 Å². The van der Waals surface area contributed by atoms with Gasteiger partial charge in [0.05, 0.1) is 6.61 Å². The number of benzene rings is 1. The first-order valence-electron chi connectivity index (χ1n) is 5.22. The first kappa shape index (κ1) is 12.3. The quantitative estimate of drug-likeness (QED) is 0.776. The van der Waals surface area contributed by atoms with Crippen molar-refractivity contribution in [3.05, 3.63) is 35.9 Å². The van der Waals surface area contributed by atoms with Crippen molar-refractivity contribution in [1.29, 1.82) is 0 Å². The van der Waals surface area contributed by atoms with Crippen molar-refractivity contribution in [2.45, 2.75) is 13.8 Å². The van der Waals surface area contributed by atoms with Gasteiger partial charge in [0, 0.05) is 11.6 Å². The van der Waals surface area contributed by atoms with Crippen LogP contribution in [0.5, 0.6) is 5.75 Å². The topological polar surface area (TPSA) is 46.5 Å². The fourth-order valence-electron chi connectivity index (χ4n) is 1.17. The van der Waals surface area contributed by atoms with Gasteiger partial charge in [-0.05, 0) is 18.1 Å². The fourth-order valence-corrected chi connectivity index (χ4v) is 1.17. The molecular weight excluding hydrogens is 204 g/mol. The molecule has 0 saturated carbocycles. The molecule has 0 atom stereocenters. The van der Waals surface area contributed by atoms with Crippen molar-refractivity contribution in [2.24, 2.45) is 5.92 Å². The standard InChI is InChI=1S/C13H16O3/c1-10(2)9-16-12-6-4-3-5-11(12)7-8-13(14)15/h3-8,10H,9H2,1-2H3,(H,14,15)/b8-7+. The van der Waals surface area contributed by atoms with Crippen LogP contribution in [0.25, 0.3) is 6.08 Å². The van der Waals surface area contributed by atoms with Crippen molar-refractivity contribution in [3.63, 3.8) is 0 Å². The second-order valence-electron chi connectivity index (χ2n) is 3.91. The molecule has 0 fully saturated rings. The van der Waals surface area contributed by atoms with E-state index in [0.717, 1.165) is 11.6 Å². The van der Waals surface area contributed by atoms with Gasteiger partial charge in [-0.3, -0.25) is 0 Å². The number of aliphatic carboxylic acids is 1. The minimum Gasteiger partial charge on any atom is -0.493 e. The summed E-state index contributed by atoms with van der Waals surface area (Å²) >= 11 is 0. The molecule has 3 nitrogen and oxygen atoms in total. The molecule has 0 radical (unpaired) electrons. The van der Waals surface area contributed by atoms with Crippen molar-refractivity contribution in [2.75, 3.05) is 6.61 Å². The molecule has 0 aliphatic heterocycles. The Morgan fingerprint density at radius 2 is 2.12 bits per heavy atom. The van der Waals surface area contributed by atoms with E-state index in [4.69, 9.17) is 9.84 Å². The average Bonchev–Trinajstić information content (AvgIpc) is 2.24. The van der Waals surface area contributed by atoms with E-state index in [-0.39, 0.29) is 0 Å². The smallest absolute Gasteiger partial charge is 0.328 e. The fraction of sp³-hybridized carbons (Fsp3) is 0.308. The summed E-state index contributed by atoms with van der Waals surface area (Å²) in [7, 11) is 0. The van der Waals surface area contributed by atoms with E-state index in [1.165, 1.54) is 6.08 Å². The monoisotopic (exact) mass is 220 g/mol. The molecule has 0 unspecified atom stereocenters. The van der Waals surface area contributed by atoms with E-state index in [0.29, 0.717) is 18.3 Å². The van der Waals surface area contributed by atoms with E-state index < -0.39 is 5.97 Å². The summed E-state index contributed by atoms with van der Waals surface area (Å²) in [5, 5.41) is 8.56. The van der Waals surface area contributed by atoms with Crippen molar-refractivity contribution < 1.29 is 14.6 Å². The van der Waals surface area contributed by atoms with Crippen LogP contribution in [0.1, 0.15) is 19.4 Å². The lowest BCUT2D eigenvalue weighted by molar-refractivity contribution is -0.131. The van der Waals surface area contributed by atoms with Crippen LogP contribution in [0, 0.1) is 5.92 Å². The summed E-state index contributed by atoms with van der Waals surface area (Å²) in [5.74, 6) is 0.198. The van der Waals surface area contributed by atoms with Gasteiger partial charge in [0.1, 0.15) is 5.75 Å². The second-order valence-corrected chi connectivity index (χ2v) is 3.91. The van der Waals surface area contributed by atoms with Crippen LogP contribution in [-0.4, -0.2) is 17.7 Å². The molecule has 0 aliphatic rings. The van der Waals surface area contributed by atoms with Crippen LogP contribution in [0.15, 0.2) is 30.3 Å². The number of carboxylic acids is 1. The summed E-state index contributed by atoms with van der Waals surface area (Å²) in [5.41, 5.74) is 0.783. The van der Waals surface area contributed by atoms with Crippen molar-refractivity contribution in [1.82, 2.24) is 0 Å². The molecule has 1 aromatic carbocycles. The molecule has 0 aromatic heterocycles. The number of ether oxygens (including phenoxy) is 1. The van der Waals surface area contributed by atoms with Gasteiger partial charge in [0.2, 0.25) is 0 Å². The predicted molar refractivity (Wildman–Crippen MR) is 63.4 cm³/mol. The zero-order valence-electron chi connectivity index (χ0n) is 9.51. The molecule has 0 bridgehead atoms. The summed E-state index contributed by atoms with van der Waals surface area (Å²) < 4.78 is 5.59. The predicted octanol–water partition coefficient (Wildman–Crippen LogP) is 2.82. The summed E-state index contributed by atoms with van der Waals surface area (Å²) in [6.45, 7) is 4.75. The van der Waals surface area contributed by atoms with Gasteiger partial charge in [0.15, 0.2) is 0 Å². The molecule has 0 aliphatic carbocycles. The first-order valence-corrected chi connectivity index (χ1v) is 5.22. The van der Waals surface area contributed by atoms with Crippen LogP contribution in [-0.2, 0) is 4.79 Å². The van der Waals surface area contributed by atoms with E-state index in [1.54, 1.807) is 0 Å². The van der Waals surface area contributed by atoms with Crippen LogP contribution >= 0.6 is 0 Å². The second kappa shape index (κ2) is 5.95. The number of hydrogen-bond acceptors (Lipinski definition) is 2. The Labute approximate surface area is 95.4 Å². The first-order chi connectivity index (χ1) is 7.59. The number of rotatable bonds is 5. The lowest BCUT2D eigenvalue weighted by atomic mass is 10.2. The number of para-hydroxylation sites is 1. The average molecular weight is 220 g/mol. The third-order valence-electron chi connectivity index (χ3n) is 1.90. The molecule has 1 aromatic rings. The number of hydrogen-bond donors (Lipinski definition) is 1. The third kappa shape index (κ3) is 4.17. The molecule has 0 heterocycles. The van der Waals surface area contributed by atoms with E-state index in [2.05, 4.69) is 13.8 Å². The van der Waals surface area contributed by atoms with Crippen molar-refractivity contribution in [3.8, 4) is 5.75 Å². The van der Waals surface area contributed by atoms with Gasteiger partial charge in [-0.1, -0.05) is 32.0 Å². The van der Waals surface area contributed by atoms with Gasteiger partial charge in [-0.25, -0.2) is 4.79 Å². The van der Waals surface area contributed by atoms with Gasteiger partial charge in [-0.2, -0.15) is 0 Å². The van der Waals surface area contributed by atoms with Gasteiger partial charge < -0.3 is 9.84 Å². The minimum atomic E-state index is -0.960. The Bertz CT molecular complexity index is 381. The van der Waals surface area contributed by atoms with Gasteiger partial charge in [0.25, 0.3) is 0 Å². The lowest BCUT2D eigenvalue weighted by Crippen LogP contribution is -2.05. The van der Waals surface area contributed by atoms with Crippen LogP contribution in [0.4, 0.5) is 0 Å². The normalized spacial score (nSPS) is 10.9. The summed E-state index contributed by atoms with van der Waals surface area (Å²) in [6, 6.07) is 7.39. The number of carboxylic acid groups (broad SMARTS) is 1. The Kier molecular flexibility index (Phi) is 4.58. The SMILES string of the molecule is CC(C)COc1ccccc1/C=C/C(=O)O. The third-order valence-corrected chi connectivity index (χ3v) is 1.90. The molecular formula is C13H16O3. The van der Waals surface area contributed by atoms with E-state index >= 15 is 0 Å².